The number of ether oxygens (including phenoxy) is 2. The summed E-state index contributed by atoms with van der Waals surface area (Å²) in [4.78, 5) is 0. The summed E-state index contributed by atoms with van der Waals surface area (Å²) in [5, 5.41) is 3.29. The molecule has 1 heterocycles. The minimum absolute atomic E-state index is 0.0545. The second kappa shape index (κ2) is 8.62. The first-order valence-electron chi connectivity index (χ1n) is 8.93. The van der Waals surface area contributed by atoms with Gasteiger partial charge in [0.25, 0.3) is 0 Å². The van der Waals surface area contributed by atoms with Gasteiger partial charge >= 0.3 is 12.4 Å². The summed E-state index contributed by atoms with van der Waals surface area (Å²) in [6.45, 7) is 1.42. The first-order chi connectivity index (χ1) is 13.6. The summed E-state index contributed by atoms with van der Waals surface area (Å²) in [7, 11) is 0. The molecule has 3 nitrogen and oxygen atoms in total. The van der Waals surface area contributed by atoms with Crippen molar-refractivity contribution in [2.24, 2.45) is 0 Å². The van der Waals surface area contributed by atoms with Crippen molar-refractivity contribution in [3.63, 3.8) is 0 Å². The lowest BCUT2D eigenvalue weighted by atomic mass is 10.0. The lowest BCUT2D eigenvalue weighted by Gasteiger charge is -2.24. The fraction of sp³-hybridized carbons (Fsp3) is 0.400. The Labute approximate surface area is 163 Å². The zero-order chi connectivity index (χ0) is 21.1. The normalized spacial score (nSPS) is 17.9. The molecule has 9 heteroatoms. The Bertz CT molecular complexity index is 796. The van der Waals surface area contributed by atoms with E-state index in [1.165, 1.54) is 0 Å². The van der Waals surface area contributed by atoms with Crippen LogP contribution in [0.25, 0.3) is 0 Å². The molecule has 1 aliphatic heterocycles. The summed E-state index contributed by atoms with van der Waals surface area (Å²) < 4.78 is 89.0. The van der Waals surface area contributed by atoms with Gasteiger partial charge in [-0.1, -0.05) is 18.2 Å². The number of hydrogen-bond acceptors (Lipinski definition) is 3. The van der Waals surface area contributed by atoms with Gasteiger partial charge in [-0.25, -0.2) is 0 Å². The maximum Gasteiger partial charge on any atom is 0.416 e. The number of benzene rings is 2. The predicted octanol–water partition coefficient (Wildman–Crippen LogP) is 4.83. The highest BCUT2D eigenvalue weighted by molar-refractivity contribution is 5.36. The Morgan fingerprint density at radius 3 is 2.21 bits per heavy atom. The highest BCUT2D eigenvalue weighted by atomic mass is 19.4. The van der Waals surface area contributed by atoms with E-state index in [1.807, 2.05) is 0 Å². The first-order valence-corrected chi connectivity index (χ1v) is 8.93. The van der Waals surface area contributed by atoms with Crippen LogP contribution in [-0.4, -0.2) is 25.8 Å². The molecule has 0 aliphatic carbocycles. The van der Waals surface area contributed by atoms with Gasteiger partial charge in [-0.15, -0.1) is 0 Å². The molecule has 0 spiro atoms. The molecule has 1 saturated heterocycles. The van der Waals surface area contributed by atoms with E-state index in [2.05, 4.69) is 5.32 Å². The molecule has 1 atom stereocenters. The Kier molecular flexibility index (Phi) is 6.38. The Morgan fingerprint density at radius 2 is 1.62 bits per heavy atom. The largest absolute Gasteiger partial charge is 0.489 e. The molecule has 1 aliphatic rings. The predicted molar refractivity (Wildman–Crippen MR) is 93.5 cm³/mol. The maximum atomic E-state index is 13.0. The second-order valence-corrected chi connectivity index (χ2v) is 6.74. The molecule has 0 radical (unpaired) electrons. The highest BCUT2D eigenvalue weighted by Gasteiger charge is 2.36. The summed E-state index contributed by atoms with van der Waals surface area (Å²) in [5.74, 6) is 0.408. The fourth-order valence-electron chi connectivity index (χ4n) is 3.09. The molecule has 2 aromatic rings. The molecule has 0 amide bonds. The van der Waals surface area contributed by atoms with Crippen molar-refractivity contribution in [2.45, 2.75) is 31.4 Å². The molecule has 0 unspecified atom stereocenters. The SMILES string of the molecule is FC(F)(F)c1cc(COc2ccccc2C[C@@H]2COCCN2)cc(C(F)(F)F)c1. The minimum Gasteiger partial charge on any atom is -0.489 e. The minimum atomic E-state index is -4.89. The van der Waals surface area contributed by atoms with Crippen LogP contribution in [0.3, 0.4) is 0 Å². The van der Waals surface area contributed by atoms with Gasteiger partial charge in [-0.3, -0.25) is 0 Å². The van der Waals surface area contributed by atoms with Crippen molar-refractivity contribution in [3.05, 3.63) is 64.7 Å². The van der Waals surface area contributed by atoms with Crippen molar-refractivity contribution in [1.29, 1.82) is 0 Å². The monoisotopic (exact) mass is 419 g/mol. The molecule has 0 aromatic heterocycles. The molecule has 29 heavy (non-hydrogen) atoms. The molecular weight excluding hydrogens is 400 g/mol. The lowest BCUT2D eigenvalue weighted by Crippen LogP contribution is -2.42. The number of halogens is 6. The van der Waals surface area contributed by atoms with Crippen molar-refractivity contribution in [3.8, 4) is 5.75 Å². The first kappa shape index (κ1) is 21.4. The third-order valence-electron chi connectivity index (χ3n) is 4.48. The van der Waals surface area contributed by atoms with Crippen molar-refractivity contribution in [2.75, 3.05) is 19.8 Å². The van der Waals surface area contributed by atoms with Crippen LogP contribution in [0, 0.1) is 0 Å². The van der Waals surface area contributed by atoms with Gasteiger partial charge in [-0.2, -0.15) is 26.3 Å². The standard InChI is InChI=1S/C20H19F6NO2/c21-19(22,23)15-7-13(8-16(10-15)20(24,25)26)11-29-18-4-2-1-3-14(18)9-17-12-28-6-5-27-17/h1-4,7-8,10,17,27H,5-6,9,11-12H2/t17-/m1/s1. The van der Waals surface area contributed by atoms with Crippen LogP contribution < -0.4 is 10.1 Å². The van der Waals surface area contributed by atoms with Crippen molar-refractivity contribution < 1.29 is 35.8 Å². The van der Waals surface area contributed by atoms with Gasteiger partial charge < -0.3 is 14.8 Å². The van der Waals surface area contributed by atoms with Gasteiger partial charge in [0.1, 0.15) is 12.4 Å². The highest BCUT2D eigenvalue weighted by Crippen LogP contribution is 2.36. The number of alkyl halides is 6. The Hall–Kier alpha value is -2.26. The van der Waals surface area contributed by atoms with Crippen LogP contribution in [0.4, 0.5) is 26.3 Å². The summed E-state index contributed by atoms with van der Waals surface area (Å²) in [6, 6.07) is 8.43. The molecule has 1 fully saturated rings. The van der Waals surface area contributed by atoms with E-state index in [9.17, 15) is 26.3 Å². The Balaban J connectivity index is 1.79. The number of morpholine rings is 1. The lowest BCUT2D eigenvalue weighted by molar-refractivity contribution is -0.143. The van der Waals surface area contributed by atoms with E-state index in [-0.39, 0.29) is 17.7 Å². The third-order valence-corrected chi connectivity index (χ3v) is 4.48. The average Bonchev–Trinajstić information content (AvgIpc) is 2.66. The molecule has 0 bridgehead atoms. The van der Waals surface area contributed by atoms with Crippen LogP contribution in [0.15, 0.2) is 42.5 Å². The summed E-state index contributed by atoms with van der Waals surface area (Å²) in [5.41, 5.74) is -2.13. The molecule has 2 aromatic carbocycles. The molecular formula is C20H19F6NO2. The number of para-hydroxylation sites is 1. The molecule has 3 rings (SSSR count). The number of rotatable bonds is 5. The molecule has 0 saturated carbocycles. The summed E-state index contributed by atoms with van der Waals surface area (Å²) >= 11 is 0. The topological polar surface area (TPSA) is 30.5 Å². The zero-order valence-corrected chi connectivity index (χ0v) is 15.2. The smallest absolute Gasteiger partial charge is 0.416 e. The van der Waals surface area contributed by atoms with Gasteiger partial charge in [-0.05, 0) is 41.8 Å². The van der Waals surface area contributed by atoms with Gasteiger partial charge in [0.15, 0.2) is 0 Å². The van der Waals surface area contributed by atoms with Gasteiger partial charge in [0.05, 0.1) is 24.3 Å². The van der Waals surface area contributed by atoms with Crippen molar-refractivity contribution in [1.82, 2.24) is 5.32 Å². The fourth-order valence-corrected chi connectivity index (χ4v) is 3.09. The third kappa shape index (κ3) is 5.86. The zero-order valence-electron chi connectivity index (χ0n) is 15.2. The van der Waals surface area contributed by atoms with E-state index in [0.29, 0.717) is 44.1 Å². The van der Waals surface area contributed by atoms with E-state index in [4.69, 9.17) is 9.47 Å². The number of nitrogens with one attached hydrogen (secondary N) is 1. The van der Waals surface area contributed by atoms with Crippen LogP contribution in [0.5, 0.6) is 5.75 Å². The number of hydrogen-bond donors (Lipinski definition) is 1. The Morgan fingerprint density at radius 1 is 0.966 bits per heavy atom. The van der Waals surface area contributed by atoms with Gasteiger partial charge in [0, 0.05) is 12.6 Å². The van der Waals surface area contributed by atoms with Crippen molar-refractivity contribution >= 4 is 0 Å². The van der Waals surface area contributed by atoms with Gasteiger partial charge in [0.2, 0.25) is 0 Å². The van der Waals surface area contributed by atoms with Crippen LogP contribution >= 0.6 is 0 Å². The van der Waals surface area contributed by atoms with E-state index in [1.54, 1.807) is 24.3 Å². The average molecular weight is 419 g/mol. The van der Waals surface area contributed by atoms with E-state index >= 15 is 0 Å². The molecule has 1 N–H and O–H groups in total. The molecule has 158 valence electrons. The quantitative estimate of drug-likeness (QED) is 0.704. The van der Waals surface area contributed by atoms with Crippen LogP contribution in [0.1, 0.15) is 22.3 Å². The van der Waals surface area contributed by atoms with Crippen LogP contribution in [0.2, 0.25) is 0 Å². The second-order valence-electron chi connectivity index (χ2n) is 6.74. The summed E-state index contributed by atoms with van der Waals surface area (Å²) in [6.07, 6.45) is -9.21. The van der Waals surface area contributed by atoms with E-state index in [0.717, 1.165) is 5.56 Å². The maximum absolute atomic E-state index is 13.0. The van der Waals surface area contributed by atoms with E-state index < -0.39 is 30.1 Å². The van der Waals surface area contributed by atoms with Crippen LogP contribution in [-0.2, 0) is 30.1 Å².